The Hall–Kier alpha value is -2.88. The second-order valence-corrected chi connectivity index (χ2v) is 7.33. The maximum atomic E-state index is 13.0. The number of nitrogens with two attached hydrogens (primary N) is 1. The first-order valence-corrected chi connectivity index (χ1v) is 10.5. The number of primary amides is 1. The van der Waals surface area contributed by atoms with E-state index in [0.717, 1.165) is 0 Å². The normalized spacial score (nSPS) is 15.9. The van der Waals surface area contributed by atoms with Crippen molar-refractivity contribution >= 4 is 29.4 Å². The van der Waals surface area contributed by atoms with Crippen LogP contribution in [0.25, 0.3) is 0 Å². The first-order valence-electron chi connectivity index (χ1n) is 10.1. The molecule has 0 bridgehead atoms. The number of halogens is 1. The molecule has 0 aromatic heterocycles. The van der Waals surface area contributed by atoms with E-state index in [2.05, 4.69) is 10.6 Å². The van der Waals surface area contributed by atoms with Crippen molar-refractivity contribution < 1.29 is 28.6 Å². The van der Waals surface area contributed by atoms with Crippen molar-refractivity contribution in [3.8, 4) is 0 Å². The maximum absolute atomic E-state index is 13.0. The molecule has 10 heteroatoms. The molecule has 2 rings (SSSR count). The minimum atomic E-state index is -0.803. The third-order valence-corrected chi connectivity index (χ3v) is 5.07. The monoisotopic (exact) mass is 465 g/mol. The molecule has 0 fully saturated rings. The van der Waals surface area contributed by atoms with Crippen LogP contribution in [0.2, 0.25) is 5.02 Å². The minimum absolute atomic E-state index is 0.0390. The van der Waals surface area contributed by atoms with Gasteiger partial charge in [0, 0.05) is 17.3 Å². The molecule has 4 N–H and O–H groups in total. The van der Waals surface area contributed by atoms with Crippen LogP contribution in [-0.2, 0) is 28.6 Å². The van der Waals surface area contributed by atoms with Crippen LogP contribution in [-0.4, -0.2) is 57.9 Å². The molecular formula is C22H28ClN3O6. The van der Waals surface area contributed by atoms with E-state index < -0.39 is 23.8 Å². The number of rotatable bonds is 11. The standard InChI is InChI=1S/C22H28ClN3O6/c1-4-32-22(29)20-16(12-31-10-9-25-11-17(24)27)26-13(2)18(21(28)30-3)19(20)14-7-5-6-8-15(14)23/h5-8,19,25-26H,4,9-12H2,1-3H3,(H2,24,27). The molecule has 0 aliphatic carbocycles. The minimum Gasteiger partial charge on any atom is -0.466 e. The SMILES string of the molecule is CCOC(=O)C1=C(COCCNCC(N)=O)NC(C)=C(C(=O)OC)C1c1ccccc1Cl. The summed E-state index contributed by atoms with van der Waals surface area (Å²) >= 11 is 6.45. The molecule has 1 heterocycles. The average Bonchev–Trinajstić information content (AvgIpc) is 2.75. The number of dihydropyridines is 1. The number of ether oxygens (including phenoxy) is 3. The van der Waals surface area contributed by atoms with Gasteiger partial charge in [0.2, 0.25) is 5.91 Å². The van der Waals surface area contributed by atoms with E-state index >= 15 is 0 Å². The topological polar surface area (TPSA) is 129 Å². The van der Waals surface area contributed by atoms with Gasteiger partial charge in [-0.2, -0.15) is 0 Å². The van der Waals surface area contributed by atoms with E-state index in [1.807, 2.05) is 0 Å². The third-order valence-electron chi connectivity index (χ3n) is 4.73. The van der Waals surface area contributed by atoms with Gasteiger partial charge >= 0.3 is 11.9 Å². The Balaban J connectivity index is 2.44. The fraction of sp³-hybridized carbons (Fsp3) is 0.409. The first kappa shape index (κ1) is 25.4. The number of carbonyl (C=O) groups is 3. The Morgan fingerprint density at radius 3 is 2.53 bits per heavy atom. The summed E-state index contributed by atoms with van der Waals surface area (Å²) in [6.07, 6.45) is 0. The summed E-state index contributed by atoms with van der Waals surface area (Å²) in [7, 11) is 1.28. The number of amides is 1. The molecule has 1 atom stereocenters. The molecule has 0 radical (unpaired) electrons. The van der Waals surface area contributed by atoms with E-state index in [9.17, 15) is 14.4 Å². The zero-order valence-corrected chi connectivity index (χ0v) is 19.1. The Morgan fingerprint density at radius 2 is 1.91 bits per heavy atom. The number of nitrogens with one attached hydrogen (secondary N) is 2. The lowest BCUT2D eigenvalue weighted by atomic mass is 9.80. The Labute approximate surface area is 191 Å². The van der Waals surface area contributed by atoms with Crippen LogP contribution in [0.3, 0.4) is 0 Å². The Kier molecular flexibility index (Phi) is 9.70. The lowest BCUT2D eigenvalue weighted by molar-refractivity contribution is -0.139. The summed E-state index contributed by atoms with van der Waals surface area (Å²) in [6.45, 7) is 4.29. The fourth-order valence-corrected chi connectivity index (χ4v) is 3.64. The van der Waals surface area contributed by atoms with Gasteiger partial charge in [-0.25, -0.2) is 9.59 Å². The van der Waals surface area contributed by atoms with Crippen molar-refractivity contribution in [1.82, 2.24) is 10.6 Å². The number of benzene rings is 1. The second kappa shape index (κ2) is 12.2. The average molecular weight is 466 g/mol. The van der Waals surface area contributed by atoms with Gasteiger partial charge in [-0.1, -0.05) is 29.8 Å². The predicted molar refractivity (Wildman–Crippen MR) is 119 cm³/mol. The Morgan fingerprint density at radius 1 is 1.19 bits per heavy atom. The smallest absolute Gasteiger partial charge is 0.336 e. The summed E-state index contributed by atoms with van der Waals surface area (Å²) in [5.41, 5.74) is 7.10. The maximum Gasteiger partial charge on any atom is 0.336 e. The van der Waals surface area contributed by atoms with E-state index in [0.29, 0.717) is 28.5 Å². The summed E-state index contributed by atoms with van der Waals surface area (Å²) in [4.78, 5) is 36.5. The summed E-state index contributed by atoms with van der Waals surface area (Å²) in [5.74, 6) is -2.45. The highest BCUT2D eigenvalue weighted by Crippen LogP contribution is 2.41. The van der Waals surface area contributed by atoms with Crippen LogP contribution in [0.1, 0.15) is 25.3 Å². The molecule has 174 valence electrons. The predicted octanol–water partition coefficient (Wildman–Crippen LogP) is 1.38. The van der Waals surface area contributed by atoms with Crippen molar-refractivity contribution in [3.05, 3.63) is 57.4 Å². The second-order valence-electron chi connectivity index (χ2n) is 6.92. The molecule has 1 unspecified atom stereocenters. The number of hydrogen-bond donors (Lipinski definition) is 3. The molecule has 0 spiro atoms. The van der Waals surface area contributed by atoms with Crippen LogP contribution < -0.4 is 16.4 Å². The van der Waals surface area contributed by atoms with Crippen LogP contribution in [0.15, 0.2) is 46.8 Å². The highest BCUT2D eigenvalue weighted by molar-refractivity contribution is 6.31. The summed E-state index contributed by atoms with van der Waals surface area (Å²) in [6, 6.07) is 6.97. The summed E-state index contributed by atoms with van der Waals surface area (Å²) < 4.78 is 16.0. The highest BCUT2D eigenvalue weighted by atomic mass is 35.5. The van der Waals surface area contributed by atoms with Crippen molar-refractivity contribution in [1.29, 1.82) is 0 Å². The van der Waals surface area contributed by atoms with Gasteiger partial charge in [0.15, 0.2) is 0 Å². The number of allylic oxidation sites excluding steroid dienone is 1. The van der Waals surface area contributed by atoms with E-state index in [-0.39, 0.29) is 37.5 Å². The number of carbonyl (C=O) groups excluding carboxylic acids is 3. The first-order chi connectivity index (χ1) is 15.3. The fourth-order valence-electron chi connectivity index (χ4n) is 3.39. The highest BCUT2D eigenvalue weighted by Gasteiger charge is 2.39. The molecule has 1 aliphatic heterocycles. The van der Waals surface area contributed by atoms with Crippen molar-refractivity contribution in [2.24, 2.45) is 5.73 Å². The van der Waals surface area contributed by atoms with E-state index in [1.54, 1.807) is 38.1 Å². The number of methoxy groups -OCH3 is 1. The van der Waals surface area contributed by atoms with Crippen molar-refractivity contribution in [2.45, 2.75) is 19.8 Å². The van der Waals surface area contributed by atoms with Crippen LogP contribution in [0, 0.1) is 0 Å². The zero-order valence-electron chi connectivity index (χ0n) is 18.3. The summed E-state index contributed by atoms with van der Waals surface area (Å²) in [5, 5.41) is 6.33. The van der Waals surface area contributed by atoms with Crippen molar-refractivity contribution in [2.75, 3.05) is 40.0 Å². The van der Waals surface area contributed by atoms with Gasteiger partial charge in [-0.15, -0.1) is 0 Å². The van der Waals surface area contributed by atoms with Crippen LogP contribution in [0.5, 0.6) is 0 Å². The van der Waals surface area contributed by atoms with E-state index in [1.165, 1.54) is 7.11 Å². The molecule has 0 saturated heterocycles. The van der Waals surface area contributed by atoms with Crippen LogP contribution >= 0.6 is 11.6 Å². The lowest BCUT2D eigenvalue weighted by Crippen LogP contribution is -2.35. The van der Waals surface area contributed by atoms with Gasteiger partial charge < -0.3 is 30.6 Å². The zero-order chi connectivity index (χ0) is 23.7. The molecular weight excluding hydrogens is 438 g/mol. The van der Waals surface area contributed by atoms with Gasteiger partial charge in [0.1, 0.15) is 0 Å². The van der Waals surface area contributed by atoms with Crippen molar-refractivity contribution in [3.63, 3.8) is 0 Å². The molecule has 1 aliphatic rings. The molecule has 0 saturated carbocycles. The third kappa shape index (κ3) is 6.32. The van der Waals surface area contributed by atoms with Gasteiger partial charge in [0.05, 0.1) is 56.2 Å². The molecule has 1 amide bonds. The number of hydrogen-bond acceptors (Lipinski definition) is 8. The largest absolute Gasteiger partial charge is 0.466 e. The number of esters is 2. The lowest BCUT2D eigenvalue weighted by Gasteiger charge is -2.31. The van der Waals surface area contributed by atoms with Gasteiger partial charge in [-0.3, -0.25) is 4.79 Å². The van der Waals surface area contributed by atoms with Gasteiger partial charge in [0.25, 0.3) is 0 Å². The van der Waals surface area contributed by atoms with Crippen LogP contribution in [0.4, 0.5) is 0 Å². The Bertz CT molecular complexity index is 928. The molecule has 32 heavy (non-hydrogen) atoms. The molecule has 1 aromatic carbocycles. The molecule has 9 nitrogen and oxygen atoms in total. The quantitative estimate of drug-likeness (QED) is 0.330. The van der Waals surface area contributed by atoms with Gasteiger partial charge in [-0.05, 0) is 25.5 Å². The molecule has 1 aromatic rings. The van der Waals surface area contributed by atoms with E-state index in [4.69, 9.17) is 31.5 Å².